The number of aromatic nitrogens is 1. The van der Waals surface area contributed by atoms with Crippen molar-refractivity contribution in [2.24, 2.45) is 0 Å². The van der Waals surface area contributed by atoms with E-state index >= 15 is 0 Å². The molecule has 2 aromatic carbocycles. The number of ether oxygens (including phenoxy) is 2. The number of nitrogens with one attached hydrogen (secondary N) is 1. The maximum absolute atomic E-state index is 12.6. The van der Waals surface area contributed by atoms with Crippen LogP contribution in [0.25, 0.3) is 10.4 Å². The second-order valence-corrected chi connectivity index (χ2v) is 8.22. The zero-order valence-electron chi connectivity index (χ0n) is 15.6. The summed E-state index contributed by atoms with van der Waals surface area (Å²) in [6.07, 6.45) is 0.161. The number of hydrogen-bond acceptors (Lipinski definition) is 6. The Kier molecular flexibility index (Phi) is 5.46. The summed E-state index contributed by atoms with van der Waals surface area (Å²) in [6, 6.07) is 14.6. The minimum absolute atomic E-state index is 0.161. The molecule has 1 N–H and O–H groups in total. The van der Waals surface area contributed by atoms with Crippen molar-refractivity contribution in [1.82, 2.24) is 4.57 Å². The largest absolute Gasteiger partial charge is 0.454 e. The lowest BCUT2D eigenvalue weighted by atomic mass is 10.1. The predicted molar refractivity (Wildman–Crippen MR) is 115 cm³/mol. The smallest absolute Gasteiger partial charge is 0.253 e. The Morgan fingerprint density at radius 3 is 2.76 bits per heavy atom. The molecule has 0 aliphatic carbocycles. The SMILES string of the molecule is Cc1ccccc1NC(=O)CCn1c(=O)cc(-c2ccc3c(c2)OCO3)sc1=S. The molecule has 1 aromatic heterocycles. The molecule has 0 bridgehead atoms. The minimum Gasteiger partial charge on any atom is -0.454 e. The first kappa shape index (κ1) is 19.4. The van der Waals surface area contributed by atoms with Crippen LogP contribution in [-0.4, -0.2) is 17.3 Å². The van der Waals surface area contributed by atoms with Gasteiger partial charge in [0.05, 0.1) is 0 Å². The molecule has 0 spiro atoms. The molecule has 0 fully saturated rings. The van der Waals surface area contributed by atoms with Crippen molar-refractivity contribution >= 4 is 35.1 Å². The van der Waals surface area contributed by atoms with Gasteiger partial charge in [-0.15, -0.1) is 11.3 Å². The quantitative estimate of drug-likeness (QED) is 0.614. The van der Waals surface area contributed by atoms with Crippen LogP contribution in [0.4, 0.5) is 5.69 Å². The van der Waals surface area contributed by atoms with Gasteiger partial charge < -0.3 is 14.8 Å². The third-order valence-corrected chi connectivity index (χ3v) is 6.02. The second kappa shape index (κ2) is 8.18. The first-order valence-corrected chi connectivity index (χ1v) is 10.2. The number of amides is 1. The van der Waals surface area contributed by atoms with Gasteiger partial charge in [-0.3, -0.25) is 14.2 Å². The molecule has 8 heteroatoms. The maximum atomic E-state index is 12.6. The van der Waals surface area contributed by atoms with Crippen LogP contribution in [0, 0.1) is 10.9 Å². The lowest BCUT2D eigenvalue weighted by molar-refractivity contribution is -0.116. The summed E-state index contributed by atoms with van der Waals surface area (Å²) in [6.45, 7) is 2.35. The summed E-state index contributed by atoms with van der Waals surface area (Å²) in [5.41, 5.74) is 2.36. The summed E-state index contributed by atoms with van der Waals surface area (Å²) in [7, 11) is 0. The zero-order valence-corrected chi connectivity index (χ0v) is 17.3. The normalized spacial score (nSPS) is 12.0. The van der Waals surface area contributed by atoms with Gasteiger partial charge in [-0.05, 0) is 54.5 Å². The number of aryl methyl sites for hydroxylation is 1. The van der Waals surface area contributed by atoms with Gasteiger partial charge in [-0.2, -0.15) is 0 Å². The van der Waals surface area contributed by atoms with Gasteiger partial charge in [0.25, 0.3) is 5.56 Å². The third kappa shape index (κ3) is 4.23. The Hall–Kier alpha value is -2.97. The molecule has 29 heavy (non-hydrogen) atoms. The van der Waals surface area contributed by atoms with Crippen molar-refractivity contribution in [3.63, 3.8) is 0 Å². The summed E-state index contributed by atoms with van der Waals surface area (Å²) >= 11 is 6.75. The number of para-hydroxylation sites is 1. The number of nitrogens with zero attached hydrogens (tertiary/aromatic N) is 1. The van der Waals surface area contributed by atoms with E-state index in [-0.39, 0.29) is 31.2 Å². The Morgan fingerprint density at radius 1 is 1.17 bits per heavy atom. The molecular weight excluding hydrogens is 408 g/mol. The summed E-state index contributed by atoms with van der Waals surface area (Å²) in [5, 5.41) is 2.87. The lowest BCUT2D eigenvalue weighted by Crippen LogP contribution is -2.23. The standard InChI is InChI=1S/C21H18N2O4S2/c1-13-4-2-3-5-15(13)22-19(24)8-9-23-20(25)11-18(29-21(23)28)14-6-7-16-17(10-14)27-12-26-16/h2-7,10-11H,8-9,12H2,1H3,(H,22,24). The first-order valence-electron chi connectivity index (χ1n) is 9.02. The van der Waals surface area contributed by atoms with Crippen molar-refractivity contribution in [3.8, 4) is 21.9 Å². The second-order valence-electron chi connectivity index (χ2n) is 6.55. The number of rotatable bonds is 5. The van der Waals surface area contributed by atoms with E-state index < -0.39 is 0 Å². The van der Waals surface area contributed by atoms with Crippen molar-refractivity contribution < 1.29 is 14.3 Å². The van der Waals surface area contributed by atoms with Crippen LogP contribution in [0.5, 0.6) is 11.5 Å². The Balaban J connectivity index is 1.49. The van der Waals surface area contributed by atoms with Crippen LogP contribution < -0.4 is 20.3 Å². The topological polar surface area (TPSA) is 69.6 Å². The van der Waals surface area contributed by atoms with Crippen molar-refractivity contribution in [2.75, 3.05) is 12.1 Å². The number of fused-ring (bicyclic) bond motifs is 1. The van der Waals surface area contributed by atoms with Crippen LogP contribution >= 0.6 is 23.6 Å². The zero-order chi connectivity index (χ0) is 20.4. The van der Waals surface area contributed by atoms with Gasteiger partial charge >= 0.3 is 0 Å². The Labute approximate surface area is 176 Å². The summed E-state index contributed by atoms with van der Waals surface area (Å²) < 4.78 is 12.6. The van der Waals surface area contributed by atoms with Crippen LogP contribution in [0.1, 0.15) is 12.0 Å². The number of carbonyl (C=O) groups is 1. The van der Waals surface area contributed by atoms with Gasteiger partial charge in [0.15, 0.2) is 15.5 Å². The van der Waals surface area contributed by atoms with Gasteiger partial charge in [-0.25, -0.2) is 0 Å². The highest BCUT2D eigenvalue weighted by Crippen LogP contribution is 2.36. The minimum atomic E-state index is -0.231. The van der Waals surface area contributed by atoms with Gasteiger partial charge in [-0.1, -0.05) is 18.2 Å². The van der Waals surface area contributed by atoms with Gasteiger partial charge in [0.1, 0.15) is 0 Å². The number of anilines is 1. The highest BCUT2D eigenvalue weighted by Gasteiger charge is 2.15. The summed E-state index contributed by atoms with van der Waals surface area (Å²) in [5.74, 6) is 1.17. The van der Waals surface area contributed by atoms with E-state index in [1.165, 1.54) is 22.0 Å². The number of benzene rings is 2. The summed E-state index contributed by atoms with van der Waals surface area (Å²) in [4.78, 5) is 25.6. The van der Waals surface area contributed by atoms with E-state index in [0.29, 0.717) is 15.5 Å². The third-order valence-electron chi connectivity index (χ3n) is 4.58. The molecule has 148 valence electrons. The molecule has 0 radical (unpaired) electrons. The molecule has 0 unspecified atom stereocenters. The highest BCUT2D eigenvalue weighted by atomic mass is 32.1. The van der Waals surface area contributed by atoms with Crippen molar-refractivity contribution in [3.05, 3.63) is 68.4 Å². The number of hydrogen-bond donors (Lipinski definition) is 1. The monoisotopic (exact) mass is 426 g/mol. The Bertz CT molecular complexity index is 1170. The number of carbonyl (C=O) groups excluding carboxylic acids is 1. The predicted octanol–water partition coefficient (Wildman–Crippen LogP) is 4.37. The van der Waals surface area contributed by atoms with E-state index in [1.807, 2.05) is 49.4 Å². The van der Waals surface area contributed by atoms with E-state index in [2.05, 4.69) is 5.32 Å². The van der Waals surface area contributed by atoms with Crippen molar-refractivity contribution in [1.29, 1.82) is 0 Å². The molecule has 2 heterocycles. The average Bonchev–Trinajstić information content (AvgIpc) is 3.17. The highest BCUT2D eigenvalue weighted by molar-refractivity contribution is 7.73. The van der Waals surface area contributed by atoms with Gasteiger partial charge in [0, 0.05) is 29.6 Å². The van der Waals surface area contributed by atoms with Crippen LogP contribution in [0.2, 0.25) is 0 Å². The molecule has 0 atom stereocenters. The fourth-order valence-electron chi connectivity index (χ4n) is 2.99. The first-order chi connectivity index (χ1) is 14.0. The van der Waals surface area contributed by atoms with E-state index in [0.717, 1.165) is 21.7 Å². The van der Waals surface area contributed by atoms with Crippen LogP contribution in [-0.2, 0) is 11.3 Å². The molecule has 6 nitrogen and oxygen atoms in total. The molecule has 0 saturated carbocycles. The van der Waals surface area contributed by atoms with Crippen LogP contribution in [0.3, 0.4) is 0 Å². The molecule has 0 saturated heterocycles. The van der Waals surface area contributed by atoms with E-state index in [4.69, 9.17) is 21.7 Å². The molecule has 1 aliphatic rings. The lowest BCUT2D eigenvalue weighted by Gasteiger charge is -2.10. The van der Waals surface area contributed by atoms with E-state index in [1.54, 1.807) is 0 Å². The average molecular weight is 427 g/mol. The molecule has 1 aliphatic heterocycles. The van der Waals surface area contributed by atoms with E-state index in [9.17, 15) is 9.59 Å². The molecular formula is C21H18N2O4S2. The fourth-order valence-corrected chi connectivity index (χ4v) is 4.33. The Morgan fingerprint density at radius 2 is 1.97 bits per heavy atom. The van der Waals surface area contributed by atoms with Crippen LogP contribution in [0.15, 0.2) is 53.3 Å². The molecule has 1 amide bonds. The molecule has 4 rings (SSSR count). The van der Waals surface area contributed by atoms with Gasteiger partial charge in [0.2, 0.25) is 12.7 Å². The van der Waals surface area contributed by atoms with Crippen molar-refractivity contribution in [2.45, 2.75) is 19.9 Å². The molecule has 3 aromatic rings. The maximum Gasteiger partial charge on any atom is 0.253 e. The fraction of sp³-hybridized carbons (Fsp3) is 0.190.